The first-order chi connectivity index (χ1) is 10.8. The molecule has 0 spiro atoms. The van der Waals surface area contributed by atoms with Crippen molar-refractivity contribution in [2.45, 2.75) is 6.04 Å². The van der Waals surface area contributed by atoms with Crippen LogP contribution in [-0.4, -0.2) is 25.1 Å². The maximum absolute atomic E-state index is 12.8. The largest absolute Gasteiger partial charge is 0.497 e. The molecule has 0 aromatic heterocycles. The van der Waals surface area contributed by atoms with Crippen molar-refractivity contribution in [3.05, 3.63) is 54.1 Å². The summed E-state index contributed by atoms with van der Waals surface area (Å²) in [5.41, 5.74) is 2.41. The predicted octanol–water partition coefficient (Wildman–Crippen LogP) is 2.90. The summed E-state index contributed by atoms with van der Waals surface area (Å²) in [7, 11) is 1.61. The van der Waals surface area contributed by atoms with Crippen molar-refractivity contribution in [2.75, 3.05) is 12.0 Å². The van der Waals surface area contributed by atoms with Gasteiger partial charge in [-0.2, -0.15) is 0 Å². The van der Waals surface area contributed by atoms with Crippen LogP contribution in [0.5, 0.6) is 5.75 Å². The smallest absolute Gasteiger partial charge is 0.262 e. The first-order valence-electron chi connectivity index (χ1n) is 6.97. The molecule has 0 bridgehead atoms. The maximum atomic E-state index is 12.8. The van der Waals surface area contributed by atoms with Crippen LogP contribution in [0.15, 0.2) is 58.5 Å². The molecule has 2 aliphatic rings. The zero-order valence-corrected chi connectivity index (χ0v) is 11.9. The Morgan fingerprint density at radius 2 is 1.86 bits per heavy atom. The molecule has 108 valence electrons. The van der Waals surface area contributed by atoms with E-state index in [-0.39, 0.29) is 5.91 Å². The molecule has 2 aromatic carbocycles. The highest BCUT2D eigenvalue weighted by molar-refractivity contribution is 6.46. The number of amides is 1. The van der Waals surface area contributed by atoms with Crippen LogP contribution in [0.4, 0.5) is 11.4 Å². The molecule has 1 unspecified atom stereocenters. The SMILES string of the molecule is COc1ccc(C2N=C3C=Nc4ccccc4N3C2=O)cc1. The molecule has 2 aromatic rings. The van der Waals surface area contributed by atoms with E-state index in [1.165, 1.54) is 0 Å². The number of rotatable bonds is 2. The van der Waals surface area contributed by atoms with E-state index in [0.717, 1.165) is 22.7 Å². The lowest BCUT2D eigenvalue weighted by molar-refractivity contribution is -0.118. The zero-order chi connectivity index (χ0) is 15.1. The molecule has 0 N–H and O–H groups in total. The molecule has 1 amide bonds. The van der Waals surface area contributed by atoms with Crippen LogP contribution < -0.4 is 9.64 Å². The molecule has 2 heterocycles. The maximum Gasteiger partial charge on any atom is 0.262 e. The van der Waals surface area contributed by atoms with Gasteiger partial charge in [0.15, 0.2) is 11.9 Å². The van der Waals surface area contributed by atoms with Gasteiger partial charge in [0.25, 0.3) is 5.91 Å². The Balaban J connectivity index is 1.73. The van der Waals surface area contributed by atoms with Gasteiger partial charge in [0.1, 0.15) is 5.75 Å². The summed E-state index contributed by atoms with van der Waals surface area (Å²) < 4.78 is 5.15. The Bertz CT molecular complexity index is 809. The first-order valence-corrected chi connectivity index (χ1v) is 6.97. The molecule has 0 saturated carbocycles. The lowest BCUT2D eigenvalue weighted by Crippen LogP contribution is -2.35. The molecule has 0 saturated heterocycles. The minimum absolute atomic E-state index is 0.0567. The molecule has 22 heavy (non-hydrogen) atoms. The number of aliphatic imine (C=N–C) groups is 2. The summed E-state index contributed by atoms with van der Waals surface area (Å²) >= 11 is 0. The van der Waals surface area contributed by atoms with Gasteiger partial charge in [-0.3, -0.25) is 14.7 Å². The molecule has 0 aliphatic carbocycles. The highest BCUT2D eigenvalue weighted by atomic mass is 16.5. The Labute approximate surface area is 127 Å². The zero-order valence-electron chi connectivity index (χ0n) is 11.9. The fraction of sp³-hybridized carbons (Fsp3) is 0.118. The number of benzene rings is 2. The predicted molar refractivity (Wildman–Crippen MR) is 85.3 cm³/mol. The Morgan fingerprint density at radius 1 is 1.09 bits per heavy atom. The number of hydrogen-bond donors (Lipinski definition) is 0. The van der Waals surface area contributed by atoms with E-state index in [0.29, 0.717) is 5.84 Å². The van der Waals surface area contributed by atoms with Crippen molar-refractivity contribution in [1.29, 1.82) is 0 Å². The van der Waals surface area contributed by atoms with Crippen molar-refractivity contribution in [3.63, 3.8) is 0 Å². The third-order valence-corrected chi connectivity index (χ3v) is 3.82. The number of para-hydroxylation sites is 2. The van der Waals surface area contributed by atoms with Gasteiger partial charge in [0.05, 0.1) is 24.7 Å². The van der Waals surface area contributed by atoms with Gasteiger partial charge in [-0.05, 0) is 29.8 Å². The highest BCUT2D eigenvalue weighted by Gasteiger charge is 2.38. The van der Waals surface area contributed by atoms with Crippen molar-refractivity contribution >= 4 is 29.3 Å². The number of ether oxygens (including phenoxy) is 1. The third-order valence-electron chi connectivity index (χ3n) is 3.82. The monoisotopic (exact) mass is 291 g/mol. The fourth-order valence-electron chi connectivity index (χ4n) is 2.71. The third kappa shape index (κ3) is 1.83. The second-order valence-electron chi connectivity index (χ2n) is 5.08. The van der Waals surface area contributed by atoms with Crippen LogP contribution >= 0.6 is 0 Å². The van der Waals surface area contributed by atoms with Crippen molar-refractivity contribution in [1.82, 2.24) is 0 Å². The Morgan fingerprint density at radius 3 is 2.64 bits per heavy atom. The number of anilines is 1. The fourth-order valence-corrected chi connectivity index (χ4v) is 2.71. The van der Waals surface area contributed by atoms with Crippen molar-refractivity contribution < 1.29 is 9.53 Å². The number of hydrogen-bond acceptors (Lipinski definition) is 4. The molecule has 1 atom stereocenters. The summed E-state index contributed by atoms with van der Waals surface area (Å²) in [6.07, 6.45) is 1.64. The number of nitrogens with zero attached hydrogens (tertiary/aromatic N) is 3. The van der Waals surface area contributed by atoms with Gasteiger partial charge in [-0.15, -0.1) is 0 Å². The van der Waals surface area contributed by atoms with Gasteiger partial charge in [-0.25, -0.2) is 4.99 Å². The van der Waals surface area contributed by atoms with Crippen molar-refractivity contribution in [2.24, 2.45) is 9.98 Å². The topological polar surface area (TPSA) is 54.3 Å². The average molecular weight is 291 g/mol. The number of methoxy groups -OCH3 is 1. The van der Waals surface area contributed by atoms with E-state index in [4.69, 9.17) is 4.74 Å². The standard InChI is InChI=1S/C17H13N3O2/c1-22-12-8-6-11(7-9-12)16-17(21)20-14-5-3-2-4-13(14)18-10-15(20)19-16/h2-10,16H,1H3. The minimum atomic E-state index is -0.529. The molecule has 0 radical (unpaired) electrons. The summed E-state index contributed by atoms with van der Waals surface area (Å²) in [6.45, 7) is 0. The molecular weight excluding hydrogens is 278 g/mol. The quantitative estimate of drug-likeness (QED) is 0.854. The minimum Gasteiger partial charge on any atom is -0.497 e. The molecule has 0 fully saturated rings. The van der Waals surface area contributed by atoms with E-state index in [1.54, 1.807) is 18.2 Å². The van der Waals surface area contributed by atoms with Crippen LogP contribution in [0.25, 0.3) is 0 Å². The van der Waals surface area contributed by atoms with Gasteiger partial charge in [0.2, 0.25) is 0 Å². The number of fused-ring (bicyclic) bond motifs is 3. The first kappa shape index (κ1) is 12.8. The number of amidine groups is 1. The molecule has 2 aliphatic heterocycles. The van der Waals surface area contributed by atoms with Crippen LogP contribution in [-0.2, 0) is 4.79 Å². The highest BCUT2D eigenvalue weighted by Crippen LogP contribution is 2.37. The Hall–Kier alpha value is -2.95. The van der Waals surface area contributed by atoms with Gasteiger partial charge in [-0.1, -0.05) is 24.3 Å². The van der Waals surface area contributed by atoms with Gasteiger partial charge >= 0.3 is 0 Å². The van der Waals surface area contributed by atoms with E-state index >= 15 is 0 Å². The lowest BCUT2D eigenvalue weighted by atomic mass is 10.1. The molecule has 5 heteroatoms. The van der Waals surface area contributed by atoms with E-state index < -0.39 is 6.04 Å². The normalized spacial score (nSPS) is 18.8. The second kappa shape index (κ2) is 4.80. The molecule has 4 rings (SSSR count). The average Bonchev–Trinajstić information content (AvgIpc) is 2.92. The van der Waals surface area contributed by atoms with E-state index in [1.807, 2.05) is 48.5 Å². The van der Waals surface area contributed by atoms with Gasteiger partial charge in [0, 0.05) is 0 Å². The van der Waals surface area contributed by atoms with Crippen LogP contribution in [0.3, 0.4) is 0 Å². The summed E-state index contributed by atoms with van der Waals surface area (Å²) in [5.74, 6) is 1.29. The summed E-state index contributed by atoms with van der Waals surface area (Å²) in [4.78, 5) is 23.3. The van der Waals surface area contributed by atoms with Crippen LogP contribution in [0, 0.1) is 0 Å². The lowest BCUT2D eigenvalue weighted by Gasteiger charge is -2.22. The summed E-state index contributed by atoms with van der Waals surface area (Å²) in [6, 6.07) is 14.4. The molecular formula is C17H13N3O2. The van der Waals surface area contributed by atoms with E-state index in [9.17, 15) is 4.79 Å². The van der Waals surface area contributed by atoms with Crippen molar-refractivity contribution in [3.8, 4) is 5.75 Å². The van der Waals surface area contributed by atoms with Crippen LogP contribution in [0.1, 0.15) is 11.6 Å². The van der Waals surface area contributed by atoms with E-state index in [2.05, 4.69) is 9.98 Å². The number of carbonyl (C=O) groups is 1. The Kier molecular flexibility index (Phi) is 2.79. The molecule has 5 nitrogen and oxygen atoms in total. The van der Waals surface area contributed by atoms with Crippen LogP contribution in [0.2, 0.25) is 0 Å². The number of carbonyl (C=O) groups excluding carboxylic acids is 1. The summed E-state index contributed by atoms with van der Waals surface area (Å²) in [5, 5.41) is 0. The van der Waals surface area contributed by atoms with Gasteiger partial charge < -0.3 is 4.74 Å². The second-order valence-corrected chi connectivity index (χ2v) is 5.08.